The Morgan fingerprint density at radius 3 is 1.19 bits per heavy atom. The Balaban J connectivity index is 0.000000277. The van der Waals surface area contributed by atoms with E-state index in [1.807, 2.05) is 0 Å². The largest absolute Gasteiger partial charge is 0.483 e. The molecule has 3 unspecified atom stereocenters. The molecule has 0 bridgehead atoms. The molecule has 0 spiro atoms. The Labute approximate surface area is 140 Å². The van der Waals surface area contributed by atoms with E-state index < -0.39 is 53.9 Å². The highest BCUT2D eigenvalue weighted by molar-refractivity contribution is 5.01. The first-order chi connectivity index (χ1) is 11.8. The summed E-state index contributed by atoms with van der Waals surface area (Å²) in [7, 11) is 0. The molecule has 0 aromatic carbocycles. The lowest BCUT2D eigenvalue weighted by Gasteiger charge is -2.23. The summed E-state index contributed by atoms with van der Waals surface area (Å²) in [6.07, 6.45) is -17.3. The number of rotatable bonds is 0. The molecule has 0 aliphatic carbocycles. The number of hydrogen-bond acceptors (Lipinski definition) is 4. The second-order valence-corrected chi connectivity index (χ2v) is 4.95. The van der Waals surface area contributed by atoms with Crippen molar-refractivity contribution in [3.05, 3.63) is 24.1 Å². The molecule has 0 N–H and O–H groups in total. The molecule has 0 saturated carbocycles. The number of alkyl halides is 8. The van der Waals surface area contributed by atoms with E-state index in [0.29, 0.717) is 13.8 Å². The smallest absolute Gasteiger partial charge is 0.417 e. The lowest BCUT2D eigenvalue weighted by Crippen LogP contribution is -2.53. The normalized spacial score (nSPS) is 34.6. The van der Waals surface area contributed by atoms with Crippen molar-refractivity contribution >= 4 is 0 Å². The molecule has 0 aromatic heterocycles. The zero-order valence-electron chi connectivity index (χ0n) is 12.7. The Kier molecular flexibility index (Phi) is 5.48. The SMILES string of the molecule is CC1(F)OC(=C(F)F)OC1(C)F.FC(F)=C1OC(F)(F)C(F)(C(F)(F)F)O1. The number of ether oxygens (including phenoxy) is 4. The van der Waals surface area contributed by atoms with Crippen molar-refractivity contribution in [2.45, 2.75) is 43.7 Å². The zero-order chi connectivity index (χ0) is 21.6. The Bertz CT molecular complexity index is 626. The van der Waals surface area contributed by atoms with Gasteiger partial charge in [0.25, 0.3) is 0 Å². The van der Waals surface area contributed by atoms with Gasteiger partial charge in [-0.05, 0) is 0 Å². The number of halogens is 12. The second kappa shape index (κ2) is 6.47. The maximum absolute atomic E-state index is 12.9. The van der Waals surface area contributed by atoms with Gasteiger partial charge in [-0.1, -0.05) is 0 Å². The van der Waals surface area contributed by atoms with Crippen molar-refractivity contribution < 1.29 is 71.6 Å². The molecule has 158 valence electrons. The molecule has 16 heteroatoms. The van der Waals surface area contributed by atoms with Crippen LogP contribution in [0.4, 0.5) is 52.7 Å². The van der Waals surface area contributed by atoms with Crippen LogP contribution in [0.25, 0.3) is 0 Å². The van der Waals surface area contributed by atoms with Crippen LogP contribution < -0.4 is 0 Å². The fourth-order valence-corrected chi connectivity index (χ4v) is 1.32. The van der Waals surface area contributed by atoms with Gasteiger partial charge >= 0.3 is 53.9 Å². The fraction of sp³-hybridized carbons (Fsp3) is 0.636. The maximum Gasteiger partial charge on any atom is 0.483 e. The molecule has 0 amide bonds. The molecule has 2 saturated heterocycles. The van der Waals surface area contributed by atoms with E-state index in [4.69, 9.17) is 0 Å². The molecule has 2 fully saturated rings. The van der Waals surface area contributed by atoms with E-state index in [0.717, 1.165) is 0 Å². The minimum atomic E-state index is -6.21. The average Bonchev–Trinajstić information content (AvgIpc) is 2.81. The summed E-state index contributed by atoms with van der Waals surface area (Å²) >= 11 is 0. The van der Waals surface area contributed by atoms with Crippen LogP contribution in [0.5, 0.6) is 0 Å². The summed E-state index contributed by atoms with van der Waals surface area (Å²) in [5.41, 5.74) is 0. The van der Waals surface area contributed by atoms with Gasteiger partial charge in [0.15, 0.2) is 0 Å². The van der Waals surface area contributed by atoms with E-state index >= 15 is 0 Å². The maximum atomic E-state index is 12.9. The van der Waals surface area contributed by atoms with Crippen LogP contribution in [0.15, 0.2) is 24.1 Å². The minimum Gasteiger partial charge on any atom is -0.417 e. The average molecular weight is 430 g/mol. The quantitative estimate of drug-likeness (QED) is 0.483. The summed E-state index contributed by atoms with van der Waals surface area (Å²) in [5, 5.41) is 0. The van der Waals surface area contributed by atoms with Crippen LogP contribution in [0.2, 0.25) is 0 Å². The van der Waals surface area contributed by atoms with Crippen LogP contribution in [0.3, 0.4) is 0 Å². The highest BCUT2D eigenvalue weighted by atomic mass is 19.4. The molecule has 2 aliphatic heterocycles. The summed E-state index contributed by atoms with van der Waals surface area (Å²) in [6, 6.07) is 0. The third-order valence-corrected chi connectivity index (χ3v) is 2.87. The third kappa shape index (κ3) is 4.07. The molecule has 2 heterocycles. The predicted octanol–water partition coefficient (Wildman–Crippen LogP) is 5.39. The molecule has 3 atom stereocenters. The van der Waals surface area contributed by atoms with E-state index in [1.54, 1.807) is 0 Å². The molecule has 4 nitrogen and oxygen atoms in total. The van der Waals surface area contributed by atoms with Crippen molar-refractivity contribution in [2.24, 2.45) is 0 Å². The second-order valence-electron chi connectivity index (χ2n) is 4.95. The molecule has 0 radical (unpaired) electrons. The molecule has 2 rings (SSSR count). The van der Waals surface area contributed by atoms with Crippen LogP contribution in [-0.4, -0.2) is 29.8 Å². The van der Waals surface area contributed by atoms with Gasteiger partial charge in [-0.2, -0.15) is 52.7 Å². The predicted molar refractivity (Wildman–Crippen MR) is 56.7 cm³/mol. The van der Waals surface area contributed by atoms with Gasteiger partial charge in [-0.3, -0.25) is 0 Å². The topological polar surface area (TPSA) is 36.9 Å². The van der Waals surface area contributed by atoms with E-state index in [9.17, 15) is 52.7 Å². The fourth-order valence-electron chi connectivity index (χ4n) is 1.32. The summed E-state index contributed by atoms with van der Waals surface area (Å²) in [6.45, 7) is 1.34. The van der Waals surface area contributed by atoms with Crippen LogP contribution in [-0.2, 0) is 18.9 Å². The highest BCUT2D eigenvalue weighted by Gasteiger charge is 2.81. The summed E-state index contributed by atoms with van der Waals surface area (Å²) in [4.78, 5) is 0. The Hall–Kier alpha value is -2.16. The van der Waals surface area contributed by atoms with Crippen LogP contribution >= 0.6 is 0 Å². The van der Waals surface area contributed by atoms with Gasteiger partial charge in [-0.25, -0.2) is 0 Å². The Morgan fingerprint density at radius 1 is 0.667 bits per heavy atom. The van der Waals surface area contributed by atoms with Gasteiger partial charge in [0.2, 0.25) is 0 Å². The molecular formula is C11H6F12O4. The summed E-state index contributed by atoms with van der Waals surface area (Å²) < 4.78 is 158. The van der Waals surface area contributed by atoms with Gasteiger partial charge in [0, 0.05) is 13.8 Å². The van der Waals surface area contributed by atoms with Crippen molar-refractivity contribution in [1.29, 1.82) is 0 Å². The molecule has 0 aromatic rings. The van der Waals surface area contributed by atoms with Gasteiger partial charge in [0.1, 0.15) is 0 Å². The highest BCUT2D eigenvalue weighted by Crippen LogP contribution is 2.53. The molecular weight excluding hydrogens is 424 g/mol. The van der Waals surface area contributed by atoms with E-state index in [1.165, 1.54) is 0 Å². The molecule has 27 heavy (non-hydrogen) atoms. The van der Waals surface area contributed by atoms with Crippen LogP contribution in [0.1, 0.15) is 13.8 Å². The lowest BCUT2D eigenvalue weighted by molar-refractivity contribution is -0.393. The van der Waals surface area contributed by atoms with Gasteiger partial charge in [0.05, 0.1) is 0 Å². The van der Waals surface area contributed by atoms with Crippen molar-refractivity contribution in [3.63, 3.8) is 0 Å². The Morgan fingerprint density at radius 2 is 1.00 bits per heavy atom. The minimum absolute atomic E-state index is 0.670. The zero-order valence-corrected chi connectivity index (χ0v) is 12.7. The van der Waals surface area contributed by atoms with E-state index in [2.05, 4.69) is 18.9 Å². The lowest BCUT2D eigenvalue weighted by atomic mass is 10.2. The van der Waals surface area contributed by atoms with Crippen molar-refractivity contribution in [1.82, 2.24) is 0 Å². The standard InChI is InChI=1S/C6H6F4O2.C5F8O2/c1-5(9)6(2,10)12-4(11-5)3(7)8;6-1(7)2-14-3(8,4(9,10)11)5(12,13)15-2/h1-2H3;. The van der Waals surface area contributed by atoms with E-state index in [-0.39, 0.29) is 0 Å². The van der Waals surface area contributed by atoms with Gasteiger partial charge in [-0.15, -0.1) is 0 Å². The summed E-state index contributed by atoms with van der Waals surface area (Å²) in [5.74, 6) is -15.3. The third-order valence-electron chi connectivity index (χ3n) is 2.87. The van der Waals surface area contributed by atoms with Gasteiger partial charge < -0.3 is 18.9 Å². The van der Waals surface area contributed by atoms with Crippen molar-refractivity contribution in [3.8, 4) is 0 Å². The first kappa shape index (κ1) is 22.9. The van der Waals surface area contributed by atoms with Crippen molar-refractivity contribution in [2.75, 3.05) is 0 Å². The first-order valence-electron chi connectivity index (χ1n) is 6.15. The monoisotopic (exact) mass is 430 g/mol. The number of hydrogen-bond donors (Lipinski definition) is 0. The van der Waals surface area contributed by atoms with Crippen LogP contribution in [0, 0.1) is 0 Å². The molecule has 2 aliphatic rings. The first-order valence-corrected chi connectivity index (χ1v) is 6.15.